The van der Waals surface area contributed by atoms with E-state index in [-0.39, 0.29) is 0 Å². The molecule has 3 aromatic heterocycles. The van der Waals surface area contributed by atoms with E-state index in [0.717, 1.165) is 17.7 Å². The summed E-state index contributed by atoms with van der Waals surface area (Å²) in [4.78, 5) is 29.5. The number of carbonyl (C=O) groups is 1. The number of benzene rings is 1. The molecule has 5 nitrogen and oxygen atoms in total. The van der Waals surface area contributed by atoms with Crippen LogP contribution >= 0.6 is 54.5 Å². The Morgan fingerprint density at radius 3 is 2.72 bits per heavy atom. The fourth-order valence-electron chi connectivity index (χ4n) is 2.30. The van der Waals surface area contributed by atoms with Gasteiger partial charge in [0.1, 0.15) is 4.88 Å². The SMILES string of the molecule is O=C(ONc1ccc2c(=O)occc2c1)c1cc2c(Br)sc(Br)c2s1. The highest BCUT2D eigenvalue weighted by Crippen LogP contribution is 2.43. The van der Waals surface area contributed by atoms with Crippen molar-refractivity contribution in [1.82, 2.24) is 0 Å². The van der Waals surface area contributed by atoms with Crippen LogP contribution in [-0.2, 0) is 4.84 Å². The number of thiophene rings is 2. The first kappa shape index (κ1) is 16.8. The maximum absolute atomic E-state index is 12.3. The van der Waals surface area contributed by atoms with E-state index in [1.54, 1.807) is 41.7 Å². The molecular formula is C16H7Br2NO4S2. The Kier molecular flexibility index (Phi) is 4.40. The topological polar surface area (TPSA) is 68.5 Å². The molecule has 0 bridgehead atoms. The Balaban J connectivity index is 1.54. The van der Waals surface area contributed by atoms with Crippen LogP contribution in [0.2, 0.25) is 0 Å². The van der Waals surface area contributed by atoms with Crippen LogP contribution in [0.1, 0.15) is 9.67 Å². The van der Waals surface area contributed by atoms with Gasteiger partial charge in [0.05, 0.1) is 29.6 Å². The minimum Gasteiger partial charge on any atom is -0.431 e. The lowest BCUT2D eigenvalue weighted by atomic mass is 10.2. The summed E-state index contributed by atoms with van der Waals surface area (Å²) in [7, 11) is 0. The lowest BCUT2D eigenvalue weighted by Crippen LogP contribution is -2.09. The van der Waals surface area contributed by atoms with Gasteiger partial charge < -0.3 is 9.25 Å². The van der Waals surface area contributed by atoms with Crippen LogP contribution in [0.3, 0.4) is 0 Å². The molecular weight excluding hydrogens is 494 g/mol. The predicted octanol–water partition coefficient (Wildman–Crippen LogP) is 5.78. The molecule has 0 atom stereocenters. The minimum atomic E-state index is -0.474. The number of hydrogen-bond acceptors (Lipinski definition) is 7. The number of anilines is 1. The molecule has 4 aromatic rings. The number of rotatable bonds is 3. The fraction of sp³-hybridized carbons (Fsp3) is 0. The summed E-state index contributed by atoms with van der Waals surface area (Å²) in [6, 6.07) is 8.44. The average molecular weight is 501 g/mol. The van der Waals surface area contributed by atoms with Crippen molar-refractivity contribution < 1.29 is 14.0 Å². The standard InChI is InChI=1S/C16H7Br2NO4S2/c17-13-10-6-11(24-12(10)14(18)25-13)16(21)23-19-8-1-2-9-7(5-8)3-4-22-15(9)20/h1-6,19H. The van der Waals surface area contributed by atoms with Crippen LogP contribution in [0.15, 0.2) is 53.4 Å². The number of fused-ring (bicyclic) bond motifs is 2. The van der Waals surface area contributed by atoms with Crippen LogP contribution in [0.4, 0.5) is 5.69 Å². The molecule has 0 aliphatic heterocycles. The first-order chi connectivity index (χ1) is 12.0. The first-order valence-corrected chi connectivity index (χ1v) is 10.1. The van der Waals surface area contributed by atoms with Crippen LogP contribution in [-0.4, -0.2) is 5.97 Å². The van der Waals surface area contributed by atoms with E-state index in [0.29, 0.717) is 21.3 Å². The molecule has 3 heterocycles. The normalized spacial score (nSPS) is 11.1. The van der Waals surface area contributed by atoms with E-state index in [1.807, 2.05) is 0 Å². The van der Waals surface area contributed by atoms with Crippen molar-refractivity contribution >= 4 is 87.0 Å². The largest absolute Gasteiger partial charge is 0.431 e. The Morgan fingerprint density at radius 2 is 1.92 bits per heavy atom. The highest BCUT2D eigenvalue weighted by molar-refractivity contribution is 9.12. The third-order valence-electron chi connectivity index (χ3n) is 3.46. The zero-order valence-electron chi connectivity index (χ0n) is 12.2. The molecule has 126 valence electrons. The van der Waals surface area contributed by atoms with E-state index >= 15 is 0 Å². The van der Waals surface area contributed by atoms with Gasteiger partial charge in [0.25, 0.3) is 0 Å². The summed E-state index contributed by atoms with van der Waals surface area (Å²) >= 11 is 9.88. The number of halogens is 2. The van der Waals surface area contributed by atoms with Crippen molar-refractivity contribution in [3.63, 3.8) is 0 Å². The number of hydrogen-bond donors (Lipinski definition) is 1. The minimum absolute atomic E-state index is 0.407. The Morgan fingerprint density at radius 1 is 1.08 bits per heavy atom. The molecule has 0 aliphatic rings. The molecule has 0 unspecified atom stereocenters. The summed E-state index contributed by atoms with van der Waals surface area (Å²) < 4.78 is 7.75. The van der Waals surface area contributed by atoms with Gasteiger partial charge in [-0.25, -0.2) is 15.1 Å². The van der Waals surface area contributed by atoms with Crippen LogP contribution in [0.5, 0.6) is 0 Å². The van der Waals surface area contributed by atoms with Crippen molar-refractivity contribution in [2.45, 2.75) is 0 Å². The van der Waals surface area contributed by atoms with Crippen LogP contribution in [0, 0.1) is 0 Å². The maximum atomic E-state index is 12.3. The molecule has 0 saturated heterocycles. The van der Waals surface area contributed by atoms with Gasteiger partial charge in [0.2, 0.25) is 0 Å². The monoisotopic (exact) mass is 499 g/mol. The Bertz CT molecular complexity index is 1140. The predicted molar refractivity (Wildman–Crippen MR) is 107 cm³/mol. The summed E-state index contributed by atoms with van der Waals surface area (Å²) in [6.07, 6.45) is 1.33. The Labute approximate surface area is 165 Å². The molecule has 4 rings (SSSR count). The molecule has 0 spiro atoms. The van der Waals surface area contributed by atoms with Gasteiger partial charge in [-0.15, -0.1) is 22.7 Å². The van der Waals surface area contributed by atoms with E-state index in [9.17, 15) is 9.59 Å². The van der Waals surface area contributed by atoms with E-state index in [4.69, 9.17) is 9.25 Å². The quantitative estimate of drug-likeness (QED) is 0.361. The highest BCUT2D eigenvalue weighted by Gasteiger charge is 2.17. The van der Waals surface area contributed by atoms with Crippen molar-refractivity contribution in [2.24, 2.45) is 0 Å². The summed E-state index contributed by atoms with van der Waals surface area (Å²) in [6.45, 7) is 0. The zero-order chi connectivity index (χ0) is 17.6. The smallest absolute Gasteiger partial charge is 0.372 e. The second kappa shape index (κ2) is 6.56. The number of nitrogens with one attached hydrogen (secondary N) is 1. The van der Waals surface area contributed by atoms with Crippen LogP contribution in [0.25, 0.3) is 20.9 Å². The summed E-state index contributed by atoms with van der Waals surface area (Å²) in [5, 5.41) is 2.14. The first-order valence-electron chi connectivity index (χ1n) is 6.89. The van der Waals surface area contributed by atoms with Crippen molar-refractivity contribution in [1.29, 1.82) is 0 Å². The number of carbonyl (C=O) groups excluding carboxylic acids is 1. The van der Waals surface area contributed by atoms with Gasteiger partial charge in [-0.2, -0.15) is 0 Å². The summed E-state index contributed by atoms with van der Waals surface area (Å²) in [5.41, 5.74) is 2.78. The van der Waals surface area contributed by atoms with Crippen molar-refractivity contribution in [2.75, 3.05) is 5.48 Å². The molecule has 25 heavy (non-hydrogen) atoms. The fourth-order valence-corrected chi connectivity index (χ4v) is 6.64. The molecule has 9 heteroatoms. The second-order valence-corrected chi connectivity index (χ2v) is 9.71. The molecule has 0 fully saturated rings. The van der Waals surface area contributed by atoms with Crippen LogP contribution < -0.4 is 11.1 Å². The molecule has 0 amide bonds. The third-order valence-corrected chi connectivity index (χ3v) is 7.56. The average Bonchev–Trinajstić information content (AvgIpc) is 3.15. The van der Waals surface area contributed by atoms with E-state index in [1.165, 1.54) is 17.6 Å². The van der Waals surface area contributed by atoms with Gasteiger partial charge in [0.15, 0.2) is 0 Å². The highest BCUT2D eigenvalue weighted by atomic mass is 79.9. The maximum Gasteiger partial charge on any atom is 0.372 e. The van der Waals surface area contributed by atoms with Crippen molar-refractivity contribution in [3.8, 4) is 0 Å². The van der Waals surface area contributed by atoms with Gasteiger partial charge >= 0.3 is 11.6 Å². The third kappa shape index (κ3) is 3.12. The Hall–Kier alpha value is -1.68. The second-order valence-electron chi connectivity index (χ2n) is 5.00. The van der Waals surface area contributed by atoms with E-state index < -0.39 is 11.6 Å². The lowest BCUT2D eigenvalue weighted by Gasteiger charge is -2.06. The molecule has 0 radical (unpaired) electrons. The molecule has 1 aromatic carbocycles. The van der Waals surface area contributed by atoms with E-state index in [2.05, 4.69) is 37.3 Å². The van der Waals surface area contributed by atoms with Crippen molar-refractivity contribution in [3.05, 3.63) is 59.5 Å². The molecule has 0 saturated carbocycles. The molecule has 0 aliphatic carbocycles. The van der Waals surface area contributed by atoms with Gasteiger partial charge in [-0.3, -0.25) is 0 Å². The summed E-state index contributed by atoms with van der Waals surface area (Å²) in [5.74, 6) is -0.474. The lowest BCUT2D eigenvalue weighted by molar-refractivity contribution is 0.0602. The van der Waals surface area contributed by atoms with Gasteiger partial charge in [0, 0.05) is 5.39 Å². The van der Waals surface area contributed by atoms with Gasteiger partial charge in [-0.1, -0.05) is 0 Å². The molecule has 1 N–H and O–H groups in total. The zero-order valence-corrected chi connectivity index (χ0v) is 17.0. The van der Waals surface area contributed by atoms with Gasteiger partial charge in [-0.05, 0) is 67.6 Å².